The van der Waals surface area contributed by atoms with Crippen LogP contribution < -0.4 is 5.32 Å². The first-order chi connectivity index (χ1) is 15.4. The highest BCUT2D eigenvalue weighted by molar-refractivity contribution is 7.12. The van der Waals surface area contributed by atoms with Gasteiger partial charge in [-0.25, -0.2) is 27.2 Å². The van der Waals surface area contributed by atoms with Crippen molar-refractivity contribution in [2.24, 2.45) is 0 Å². The Balaban J connectivity index is 1.46. The number of hydrogen-bond donors (Lipinski definition) is 1. The molecule has 0 unspecified atom stereocenters. The van der Waals surface area contributed by atoms with Gasteiger partial charge in [0.25, 0.3) is 5.91 Å². The molecule has 10 heteroatoms. The Kier molecular flexibility index (Phi) is 5.01. The van der Waals surface area contributed by atoms with Crippen LogP contribution in [0.15, 0.2) is 48.1 Å². The van der Waals surface area contributed by atoms with E-state index in [0.29, 0.717) is 22.8 Å². The van der Waals surface area contributed by atoms with E-state index in [-0.39, 0.29) is 17.2 Å². The lowest BCUT2D eigenvalue weighted by atomic mass is 10.0. The van der Waals surface area contributed by atoms with Crippen LogP contribution in [-0.4, -0.2) is 20.7 Å². The molecule has 5 rings (SSSR count). The van der Waals surface area contributed by atoms with Crippen molar-refractivity contribution in [1.29, 1.82) is 0 Å². The number of halogens is 4. The summed E-state index contributed by atoms with van der Waals surface area (Å²) in [5, 5.41) is 9.26. The Hall–Kier alpha value is -3.53. The largest absolute Gasteiger partial charge is 0.322 e. The topological polar surface area (TPSA) is 59.8 Å². The molecule has 1 aliphatic rings. The maximum absolute atomic E-state index is 15.0. The van der Waals surface area contributed by atoms with Crippen molar-refractivity contribution in [3.05, 3.63) is 82.6 Å². The number of carbonyl (C=O) groups is 1. The zero-order valence-electron chi connectivity index (χ0n) is 16.3. The minimum atomic E-state index is -1.61. The Morgan fingerprint density at radius 3 is 2.50 bits per heavy atom. The van der Waals surface area contributed by atoms with Crippen LogP contribution in [0.4, 0.5) is 23.2 Å². The molecule has 1 aliphatic carbocycles. The predicted molar refractivity (Wildman–Crippen MR) is 111 cm³/mol. The Morgan fingerprint density at radius 1 is 1.03 bits per heavy atom. The van der Waals surface area contributed by atoms with E-state index in [2.05, 4.69) is 15.4 Å². The molecule has 1 N–H and O–H groups in total. The van der Waals surface area contributed by atoms with Gasteiger partial charge < -0.3 is 5.32 Å². The van der Waals surface area contributed by atoms with Gasteiger partial charge in [0.15, 0.2) is 11.6 Å². The zero-order chi connectivity index (χ0) is 22.4. The van der Waals surface area contributed by atoms with Crippen molar-refractivity contribution >= 4 is 22.9 Å². The number of hydrogen-bond acceptors (Lipinski definition) is 4. The molecular formula is C22H14F4N4OS. The molecule has 2 aromatic heterocycles. The van der Waals surface area contributed by atoms with E-state index in [1.165, 1.54) is 23.5 Å². The average Bonchev–Trinajstić information content (AvgIpc) is 3.27. The molecule has 0 aliphatic heterocycles. The van der Waals surface area contributed by atoms with Gasteiger partial charge in [0.2, 0.25) is 5.13 Å². The number of amides is 1. The van der Waals surface area contributed by atoms with E-state index in [1.54, 1.807) is 17.1 Å². The van der Waals surface area contributed by atoms with Crippen LogP contribution in [0.5, 0.6) is 0 Å². The summed E-state index contributed by atoms with van der Waals surface area (Å²) >= 11 is 1.40. The van der Waals surface area contributed by atoms with Crippen LogP contribution in [0.25, 0.3) is 16.3 Å². The highest BCUT2D eigenvalue weighted by Crippen LogP contribution is 2.44. The fourth-order valence-corrected chi connectivity index (χ4v) is 3.99. The van der Waals surface area contributed by atoms with Gasteiger partial charge in [-0.15, -0.1) is 11.3 Å². The molecule has 1 amide bonds. The first kappa shape index (κ1) is 20.4. The molecule has 4 aromatic rings. The van der Waals surface area contributed by atoms with E-state index in [4.69, 9.17) is 0 Å². The van der Waals surface area contributed by atoms with Gasteiger partial charge in [-0.2, -0.15) is 5.10 Å². The highest BCUT2D eigenvalue weighted by atomic mass is 32.1. The monoisotopic (exact) mass is 458 g/mol. The van der Waals surface area contributed by atoms with Crippen molar-refractivity contribution in [2.75, 3.05) is 5.32 Å². The van der Waals surface area contributed by atoms with Gasteiger partial charge in [0, 0.05) is 40.5 Å². The summed E-state index contributed by atoms with van der Waals surface area (Å²) in [5.74, 6) is -5.82. The highest BCUT2D eigenvalue weighted by Gasteiger charge is 2.31. The molecule has 2 heterocycles. The molecule has 0 spiro atoms. The first-order valence-corrected chi connectivity index (χ1v) is 10.5. The number of rotatable bonds is 5. The number of nitrogens with zero attached hydrogens (tertiary/aromatic N) is 3. The molecule has 0 bridgehead atoms. The molecule has 0 saturated heterocycles. The van der Waals surface area contributed by atoms with Crippen LogP contribution in [0.1, 0.15) is 34.8 Å². The third-order valence-electron chi connectivity index (χ3n) is 5.11. The fourth-order valence-electron chi connectivity index (χ4n) is 3.42. The number of thiazole rings is 1. The SMILES string of the molecule is O=C(Nc1ccc(-c2cn(-c3nccs3)nc2C2CC2)c(F)c1)c1c(F)ccc(F)c1F. The molecule has 1 fully saturated rings. The summed E-state index contributed by atoms with van der Waals surface area (Å²) in [7, 11) is 0. The van der Waals surface area contributed by atoms with Gasteiger partial charge >= 0.3 is 0 Å². The molecule has 5 nitrogen and oxygen atoms in total. The Bertz CT molecular complexity index is 1330. The fraction of sp³-hybridized carbons (Fsp3) is 0.136. The van der Waals surface area contributed by atoms with E-state index in [1.807, 2.05) is 5.38 Å². The third-order valence-corrected chi connectivity index (χ3v) is 5.87. The maximum atomic E-state index is 15.0. The number of benzene rings is 2. The van der Waals surface area contributed by atoms with Crippen LogP contribution in [0.3, 0.4) is 0 Å². The van der Waals surface area contributed by atoms with Crippen LogP contribution in [0.2, 0.25) is 0 Å². The second-order valence-electron chi connectivity index (χ2n) is 7.33. The zero-order valence-corrected chi connectivity index (χ0v) is 17.1. The second kappa shape index (κ2) is 7.86. The summed E-state index contributed by atoms with van der Waals surface area (Å²) in [6, 6.07) is 5.14. The van der Waals surface area contributed by atoms with Gasteiger partial charge in [-0.1, -0.05) is 0 Å². The van der Waals surface area contributed by atoms with Gasteiger partial charge in [0.1, 0.15) is 17.2 Å². The van der Waals surface area contributed by atoms with Gasteiger partial charge in [-0.05, 0) is 43.2 Å². The lowest BCUT2D eigenvalue weighted by molar-refractivity contribution is 0.101. The standard InChI is InChI=1S/C22H14F4N4OS/c23-15-5-6-16(24)19(26)18(15)21(31)28-12-3-4-13(17(25)9-12)14-10-30(22-27-7-8-32-22)29-20(14)11-1-2-11/h3-11H,1-2H2,(H,28,31). The quantitative estimate of drug-likeness (QED) is 0.309. The van der Waals surface area contributed by atoms with E-state index in [9.17, 15) is 18.0 Å². The lowest BCUT2D eigenvalue weighted by Crippen LogP contribution is -2.17. The van der Waals surface area contributed by atoms with Crippen molar-refractivity contribution in [3.8, 4) is 16.3 Å². The predicted octanol–water partition coefficient (Wildman–Crippen LogP) is 5.68. The van der Waals surface area contributed by atoms with E-state index in [0.717, 1.165) is 24.6 Å². The minimum absolute atomic E-state index is 0.0281. The summed E-state index contributed by atoms with van der Waals surface area (Å²) < 4.78 is 57.7. The van der Waals surface area contributed by atoms with Crippen molar-refractivity contribution in [3.63, 3.8) is 0 Å². The number of anilines is 1. The van der Waals surface area contributed by atoms with Crippen LogP contribution >= 0.6 is 11.3 Å². The van der Waals surface area contributed by atoms with Crippen molar-refractivity contribution in [1.82, 2.24) is 14.8 Å². The van der Waals surface area contributed by atoms with Crippen LogP contribution in [-0.2, 0) is 0 Å². The number of nitrogens with one attached hydrogen (secondary N) is 1. The van der Waals surface area contributed by atoms with E-state index >= 15 is 4.39 Å². The summed E-state index contributed by atoms with van der Waals surface area (Å²) in [4.78, 5) is 16.5. The van der Waals surface area contributed by atoms with Gasteiger partial charge in [-0.3, -0.25) is 4.79 Å². The molecule has 1 saturated carbocycles. The summed E-state index contributed by atoms with van der Waals surface area (Å²) in [6.45, 7) is 0. The molecule has 32 heavy (non-hydrogen) atoms. The summed E-state index contributed by atoms with van der Waals surface area (Å²) in [6.07, 6.45) is 5.28. The Morgan fingerprint density at radius 2 is 1.81 bits per heavy atom. The third kappa shape index (κ3) is 3.66. The number of carbonyl (C=O) groups excluding carboxylic acids is 1. The minimum Gasteiger partial charge on any atom is -0.322 e. The lowest BCUT2D eigenvalue weighted by Gasteiger charge is -2.10. The smallest absolute Gasteiger partial charge is 0.261 e. The molecule has 162 valence electrons. The molecule has 2 aromatic carbocycles. The van der Waals surface area contributed by atoms with Crippen molar-refractivity contribution < 1.29 is 22.4 Å². The Labute approximate surface area is 183 Å². The second-order valence-corrected chi connectivity index (χ2v) is 8.20. The average molecular weight is 458 g/mol. The molecular weight excluding hydrogens is 444 g/mol. The van der Waals surface area contributed by atoms with Crippen molar-refractivity contribution in [2.45, 2.75) is 18.8 Å². The molecule has 0 radical (unpaired) electrons. The van der Waals surface area contributed by atoms with E-state index < -0.39 is 34.7 Å². The maximum Gasteiger partial charge on any atom is 0.261 e. The normalized spacial score (nSPS) is 13.4. The summed E-state index contributed by atoms with van der Waals surface area (Å²) in [5.41, 5.74) is 0.547. The number of aromatic nitrogens is 3. The van der Waals surface area contributed by atoms with Crippen LogP contribution in [0, 0.1) is 23.3 Å². The molecule has 0 atom stereocenters. The first-order valence-electron chi connectivity index (χ1n) is 9.66. The van der Waals surface area contributed by atoms with Gasteiger partial charge in [0.05, 0.1) is 5.69 Å².